The van der Waals surface area contributed by atoms with Crippen molar-refractivity contribution in [2.24, 2.45) is 10.2 Å². The third-order valence-electron chi connectivity index (χ3n) is 11.8. The molecular weight excluding hydrogens is 857 g/mol. The summed E-state index contributed by atoms with van der Waals surface area (Å²) >= 11 is 2.43. The van der Waals surface area contributed by atoms with E-state index in [1.165, 1.54) is 46.3 Å². The standard InChI is InChI=1S/C48H46N12O3S2/c61-44(50-22-19-31-13-17-38(18-14-31)59-28-36-15-16-37(29-59)53-36)35-25-34-20-24-58(43(34)51-26-35)23-8-7-21-49-45(62)40-27-52-47(65-40)56-55-42-41(33-11-5-2-6-12-33)57-60(46(42)63)48-54-39(30-64-48)32-9-3-1-4-10-32/h1-6,9-14,17-18,20,24-27,30,36-37,53,57H,7-8,15-16,19,21-23,28-29H2,(H,49,62)(H,50,61)/t36-,37+. The molecule has 2 atom stereocenters. The number of aromatic amines is 1. The number of hydrogen-bond donors (Lipinski definition) is 4. The van der Waals surface area contributed by atoms with Gasteiger partial charge in [-0.15, -0.1) is 21.6 Å². The molecule has 7 heterocycles. The normalized spacial score (nSPS) is 15.8. The highest BCUT2D eigenvalue weighted by molar-refractivity contribution is 7.17. The molecule has 4 N–H and O–H groups in total. The summed E-state index contributed by atoms with van der Waals surface area (Å²) in [5.74, 6) is -0.399. The Morgan fingerprint density at radius 1 is 0.815 bits per heavy atom. The van der Waals surface area contributed by atoms with Gasteiger partial charge >= 0.3 is 5.56 Å². The van der Waals surface area contributed by atoms with Gasteiger partial charge in [0.1, 0.15) is 10.5 Å². The number of azo groups is 1. The summed E-state index contributed by atoms with van der Waals surface area (Å²) in [5.41, 5.74) is 6.45. The second-order valence-electron chi connectivity index (χ2n) is 16.3. The zero-order valence-electron chi connectivity index (χ0n) is 35.4. The first kappa shape index (κ1) is 41.9. The van der Waals surface area contributed by atoms with Gasteiger partial charge in [-0.25, -0.2) is 15.0 Å². The summed E-state index contributed by atoms with van der Waals surface area (Å²) in [6.07, 6.45) is 9.90. The van der Waals surface area contributed by atoms with Crippen molar-refractivity contribution in [2.75, 3.05) is 31.1 Å². The Morgan fingerprint density at radius 3 is 2.35 bits per heavy atom. The predicted octanol–water partition coefficient (Wildman–Crippen LogP) is 8.30. The largest absolute Gasteiger partial charge is 0.368 e. The molecule has 0 aliphatic carbocycles. The molecule has 0 unspecified atom stereocenters. The van der Waals surface area contributed by atoms with Gasteiger partial charge in [-0.2, -0.15) is 4.68 Å². The maximum atomic E-state index is 13.8. The topological polar surface area (TPSA) is 180 Å². The molecule has 0 spiro atoms. The first-order chi connectivity index (χ1) is 31.9. The number of aromatic nitrogens is 6. The van der Waals surface area contributed by atoms with Crippen molar-refractivity contribution in [1.82, 2.24) is 45.2 Å². The van der Waals surface area contributed by atoms with Crippen molar-refractivity contribution >= 4 is 62.0 Å². The predicted molar refractivity (Wildman–Crippen MR) is 255 cm³/mol. The number of fused-ring (bicyclic) bond motifs is 3. The lowest BCUT2D eigenvalue weighted by atomic mass is 10.1. The molecule has 2 bridgehead atoms. The summed E-state index contributed by atoms with van der Waals surface area (Å²) in [4.78, 5) is 56.3. The van der Waals surface area contributed by atoms with E-state index in [2.05, 4.69) is 75.0 Å². The molecular formula is C48H46N12O3S2. The van der Waals surface area contributed by atoms with Gasteiger partial charge < -0.3 is 25.4 Å². The number of anilines is 1. The first-order valence-electron chi connectivity index (χ1n) is 21.8. The number of aryl methyl sites for hydroxylation is 1. The molecule has 2 saturated heterocycles. The lowest BCUT2D eigenvalue weighted by Crippen LogP contribution is -2.51. The van der Waals surface area contributed by atoms with Crippen molar-refractivity contribution in [3.63, 3.8) is 0 Å². The van der Waals surface area contributed by atoms with Crippen LogP contribution in [0.4, 0.5) is 16.5 Å². The van der Waals surface area contributed by atoms with Gasteiger partial charge in [0.05, 0.1) is 23.1 Å². The second-order valence-corrected chi connectivity index (χ2v) is 18.1. The second kappa shape index (κ2) is 18.9. The average Bonchev–Trinajstić information content (AvgIpc) is 4.21. The summed E-state index contributed by atoms with van der Waals surface area (Å²) < 4.78 is 3.44. The third-order valence-corrected chi connectivity index (χ3v) is 13.5. The van der Waals surface area contributed by atoms with Crippen LogP contribution in [-0.4, -0.2) is 79.4 Å². The highest BCUT2D eigenvalue weighted by Gasteiger charge is 2.32. The minimum absolute atomic E-state index is 0.103. The van der Waals surface area contributed by atoms with E-state index in [1.54, 1.807) is 6.20 Å². The molecule has 328 valence electrons. The van der Waals surface area contributed by atoms with Gasteiger partial charge in [0.15, 0.2) is 5.69 Å². The highest BCUT2D eigenvalue weighted by atomic mass is 32.1. The Labute approximate surface area is 382 Å². The Kier molecular flexibility index (Phi) is 12.2. The number of pyridine rings is 1. The molecule has 15 nitrogen and oxygen atoms in total. The van der Waals surface area contributed by atoms with Gasteiger partial charge in [0, 0.05) is 84.8 Å². The number of rotatable bonds is 16. The van der Waals surface area contributed by atoms with Gasteiger partial charge in [-0.1, -0.05) is 84.1 Å². The number of nitrogens with one attached hydrogen (secondary N) is 4. The SMILES string of the molecule is O=C(NCCc1ccc(N2C[C@H]3CC[C@@H](C2)N3)cc1)c1cnc2c(ccn2CCCCNC(=O)c2cnc(N=Nc3c(-c4ccccc4)[nH]n(-c4nc(-c5ccccc5)cs4)c3=O)s2)c1. The molecule has 2 fully saturated rings. The van der Waals surface area contributed by atoms with Crippen molar-refractivity contribution < 1.29 is 9.59 Å². The molecule has 17 heteroatoms. The number of hydrogen-bond acceptors (Lipinski definition) is 12. The molecule has 3 aromatic carbocycles. The van der Waals surface area contributed by atoms with Gasteiger partial charge in [0.2, 0.25) is 10.3 Å². The highest BCUT2D eigenvalue weighted by Crippen LogP contribution is 2.31. The van der Waals surface area contributed by atoms with Gasteiger partial charge in [-0.05, 0) is 61.9 Å². The van der Waals surface area contributed by atoms with Gasteiger partial charge in [-0.3, -0.25) is 19.5 Å². The van der Waals surface area contributed by atoms with E-state index >= 15 is 0 Å². The minimum atomic E-state index is -0.409. The van der Waals surface area contributed by atoms with Crippen LogP contribution in [0.15, 0.2) is 136 Å². The quantitative estimate of drug-likeness (QED) is 0.0552. The van der Waals surface area contributed by atoms with Crippen molar-refractivity contribution in [3.05, 3.63) is 147 Å². The number of carbonyl (C=O) groups excluding carboxylic acids is 2. The Hall–Kier alpha value is -7.08. The van der Waals surface area contributed by atoms with E-state index < -0.39 is 5.56 Å². The fourth-order valence-electron chi connectivity index (χ4n) is 8.46. The molecule has 10 rings (SSSR count). The molecule has 0 radical (unpaired) electrons. The van der Waals surface area contributed by atoms with Crippen LogP contribution in [0.25, 0.3) is 38.7 Å². The summed E-state index contributed by atoms with van der Waals surface area (Å²) in [6, 6.07) is 33.0. The van der Waals surface area contributed by atoms with Crippen LogP contribution in [0.2, 0.25) is 0 Å². The number of nitrogens with zero attached hydrogens (tertiary/aromatic N) is 8. The molecule has 2 aliphatic heterocycles. The fourth-order valence-corrected chi connectivity index (χ4v) is 9.91. The number of carbonyl (C=O) groups is 2. The zero-order chi connectivity index (χ0) is 44.1. The van der Waals surface area contributed by atoms with Crippen molar-refractivity contribution in [2.45, 2.75) is 50.7 Å². The average molecular weight is 903 g/mol. The van der Waals surface area contributed by atoms with Crippen molar-refractivity contribution in [1.29, 1.82) is 0 Å². The molecule has 8 aromatic rings. The van der Waals surface area contributed by atoms with Crippen LogP contribution in [0.5, 0.6) is 0 Å². The van der Waals surface area contributed by atoms with Gasteiger partial charge in [0.25, 0.3) is 11.8 Å². The van der Waals surface area contributed by atoms with Crippen LogP contribution in [0, 0.1) is 0 Å². The number of unbranched alkanes of at least 4 members (excludes halogenated alkanes) is 1. The molecule has 2 amide bonds. The van der Waals surface area contributed by atoms with Crippen LogP contribution >= 0.6 is 22.7 Å². The smallest absolute Gasteiger partial charge is 0.301 e. The van der Waals surface area contributed by atoms with Crippen LogP contribution in [-0.2, 0) is 13.0 Å². The number of benzene rings is 3. The van der Waals surface area contributed by atoms with Crippen LogP contribution < -0.4 is 26.4 Å². The van der Waals surface area contributed by atoms with Crippen LogP contribution in [0.1, 0.15) is 51.3 Å². The molecule has 2 aliphatic rings. The maximum Gasteiger partial charge on any atom is 0.301 e. The van der Waals surface area contributed by atoms with E-state index in [0.29, 0.717) is 53.0 Å². The number of thiazole rings is 2. The van der Waals surface area contributed by atoms with Crippen molar-refractivity contribution in [3.8, 4) is 27.6 Å². The molecule has 0 saturated carbocycles. The lowest BCUT2D eigenvalue weighted by Gasteiger charge is -2.34. The Bertz CT molecular complexity index is 3020. The Balaban J connectivity index is 0.692. The maximum absolute atomic E-state index is 13.8. The fraction of sp³-hybridized carbons (Fsp3) is 0.250. The van der Waals surface area contributed by atoms with E-state index in [0.717, 1.165) is 71.5 Å². The molecule has 5 aromatic heterocycles. The van der Waals surface area contributed by atoms with E-state index in [4.69, 9.17) is 4.98 Å². The summed E-state index contributed by atoms with van der Waals surface area (Å²) in [6.45, 7) is 3.85. The van der Waals surface area contributed by atoms with E-state index in [-0.39, 0.29) is 22.6 Å². The number of piperazine rings is 1. The summed E-state index contributed by atoms with van der Waals surface area (Å²) in [7, 11) is 0. The third kappa shape index (κ3) is 9.43. The van der Waals surface area contributed by atoms with Crippen LogP contribution in [0.3, 0.4) is 0 Å². The zero-order valence-corrected chi connectivity index (χ0v) is 37.0. The number of amides is 2. The monoisotopic (exact) mass is 902 g/mol. The Morgan fingerprint density at radius 2 is 1.57 bits per heavy atom. The van der Waals surface area contributed by atoms with E-state index in [1.807, 2.05) is 84.4 Å². The first-order valence-corrected chi connectivity index (χ1v) is 23.5. The lowest BCUT2D eigenvalue weighted by molar-refractivity contribution is 0.0947. The number of H-pyrrole nitrogens is 1. The minimum Gasteiger partial charge on any atom is -0.368 e. The summed E-state index contributed by atoms with van der Waals surface area (Å²) in [5, 5.41) is 25.0. The van der Waals surface area contributed by atoms with E-state index in [9.17, 15) is 14.4 Å². The molecule has 65 heavy (non-hydrogen) atoms.